The monoisotopic (exact) mass is 377 g/mol. The quantitative estimate of drug-likeness (QED) is 0.802. The molecule has 0 aliphatic carbocycles. The van der Waals surface area contributed by atoms with Gasteiger partial charge in [-0.1, -0.05) is 24.8 Å². The van der Waals surface area contributed by atoms with Crippen LogP contribution in [-0.2, 0) is 4.79 Å². The first-order valence-electron chi connectivity index (χ1n) is 9.62. The second-order valence-electron chi connectivity index (χ2n) is 6.96. The molecule has 1 saturated heterocycles. The van der Waals surface area contributed by atoms with Gasteiger partial charge < -0.3 is 10.2 Å². The molecule has 0 unspecified atom stereocenters. The zero-order valence-corrected chi connectivity index (χ0v) is 16.8. The summed E-state index contributed by atoms with van der Waals surface area (Å²) < 4.78 is 0. The number of nitrogens with zero attached hydrogens (tertiary/aromatic N) is 4. The number of carbonyl (C=O) groups excluding carboxylic acids is 1. The molecule has 6 heteroatoms. The van der Waals surface area contributed by atoms with Crippen molar-refractivity contribution in [2.45, 2.75) is 26.7 Å². The number of piperidine rings is 1. The van der Waals surface area contributed by atoms with Crippen LogP contribution in [0.4, 0.5) is 5.82 Å². The summed E-state index contributed by atoms with van der Waals surface area (Å²) >= 11 is 0. The molecule has 28 heavy (non-hydrogen) atoms. The fourth-order valence-electron chi connectivity index (χ4n) is 3.59. The predicted octanol–water partition coefficient (Wildman–Crippen LogP) is 3.84. The van der Waals surface area contributed by atoms with Gasteiger partial charge in [0.15, 0.2) is 5.82 Å². The Kier molecular flexibility index (Phi) is 6.19. The summed E-state index contributed by atoms with van der Waals surface area (Å²) in [5, 5.41) is 3.08. The summed E-state index contributed by atoms with van der Waals surface area (Å²) in [7, 11) is 1.82. The van der Waals surface area contributed by atoms with Crippen molar-refractivity contribution < 1.29 is 4.79 Å². The first-order valence-corrected chi connectivity index (χ1v) is 9.62. The maximum Gasteiger partial charge on any atom is 0.219 e. The van der Waals surface area contributed by atoms with E-state index >= 15 is 0 Å². The Balaban J connectivity index is 1.75. The van der Waals surface area contributed by atoms with Crippen LogP contribution in [-0.4, -0.2) is 45.9 Å². The van der Waals surface area contributed by atoms with Crippen LogP contribution >= 0.6 is 0 Å². The number of amides is 1. The fraction of sp³-hybridized carbons (Fsp3) is 0.364. The van der Waals surface area contributed by atoms with Crippen LogP contribution in [0.2, 0.25) is 0 Å². The Labute approximate surface area is 166 Å². The number of hydrogen-bond donors (Lipinski definition) is 1. The topological polar surface area (TPSA) is 71.0 Å². The van der Waals surface area contributed by atoms with Gasteiger partial charge in [-0.25, -0.2) is 9.97 Å². The van der Waals surface area contributed by atoms with E-state index < -0.39 is 0 Å². The first kappa shape index (κ1) is 19.7. The number of carbonyl (C=O) groups is 1. The number of fused-ring (bicyclic) bond motifs is 1. The Hall–Kier alpha value is -3.02. The third-order valence-corrected chi connectivity index (χ3v) is 5.24. The van der Waals surface area contributed by atoms with Gasteiger partial charge in [-0.05, 0) is 42.9 Å². The van der Waals surface area contributed by atoms with Gasteiger partial charge in [-0.3, -0.25) is 9.78 Å². The molecule has 0 saturated carbocycles. The first-order chi connectivity index (χ1) is 13.5. The van der Waals surface area contributed by atoms with Gasteiger partial charge >= 0.3 is 0 Å². The summed E-state index contributed by atoms with van der Waals surface area (Å²) in [6.45, 7) is 9.53. The van der Waals surface area contributed by atoms with Gasteiger partial charge in [0.05, 0.1) is 11.2 Å². The SMILES string of the molecule is C=C(/C=C\C(=C/C)C1CCN(C(C)=O)CC1)c1cc2nccnc2c(NC)n1. The fourth-order valence-corrected chi connectivity index (χ4v) is 3.59. The van der Waals surface area contributed by atoms with Crippen LogP contribution in [0.5, 0.6) is 0 Å². The van der Waals surface area contributed by atoms with Gasteiger partial charge in [-0.2, -0.15) is 0 Å². The molecule has 2 aromatic rings. The summed E-state index contributed by atoms with van der Waals surface area (Å²) in [5.74, 6) is 1.32. The average molecular weight is 377 g/mol. The molecule has 0 bridgehead atoms. The second-order valence-corrected chi connectivity index (χ2v) is 6.96. The van der Waals surface area contributed by atoms with Crippen molar-refractivity contribution in [1.82, 2.24) is 19.9 Å². The molecule has 0 spiro atoms. The smallest absolute Gasteiger partial charge is 0.219 e. The lowest BCUT2D eigenvalue weighted by atomic mass is 9.88. The Bertz CT molecular complexity index is 939. The lowest BCUT2D eigenvalue weighted by Gasteiger charge is -2.32. The van der Waals surface area contributed by atoms with Crippen LogP contribution in [0, 0.1) is 5.92 Å². The zero-order valence-electron chi connectivity index (χ0n) is 16.8. The third kappa shape index (κ3) is 4.27. The number of aromatic nitrogens is 3. The number of pyridine rings is 1. The zero-order chi connectivity index (χ0) is 20.1. The highest BCUT2D eigenvalue weighted by Gasteiger charge is 2.22. The van der Waals surface area contributed by atoms with Crippen molar-refractivity contribution in [3.8, 4) is 0 Å². The summed E-state index contributed by atoms with van der Waals surface area (Å²) in [6.07, 6.45) is 11.6. The minimum Gasteiger partial charge on any atom is -0.371 e. The molecule has 1 N–H and O–H groups in total. The summed E-state index contributed by atoms with van der Waals surface area (Å²) in [4.78, 5) is 26.8. The summed E-state index contributed by atoms with van der Waals surface area (Å²) in [5.41, 5.74) is 4.41. The number of hydrogen-bond acceptors (Lipinski definition) is 5. The lowest BCUT2D eigenvalue weighted by molar-refractivity contribution is -0.130. The molecular formula is C22H27N5O. The van der Waals surface area contributed by atoms with E-state index in [-0.39, 0.29) is 5.91 Å². The largest absolute Gasteiger partial charge is 0.371 e. The highest BCUT2D eigenvalue weighted by Crippen LogP contribution is 2.27. The van der Waals surface area contributed by atoms with Crippen LogP contribution in [0.25, 0.3) is 16.6 Å². The number of anilines is 1. The molecule has 1 amide bonds. The molecular weight excluding hydrogens is 350 g/mol. The van der Waals surface area contributed by atoms with E-state index in [4.69, 9.17) is 0 Å². The van der Waals surface area contributed by atoms with E-state index in [9.17, 15) is 4.79 Å². The van der Waals surface area contributed by atoms with E-state index in [0.717, 1.165) is 48.2 Å². The van der Waals surface area contributed by atoms with Crippen LogP contribution in [0.1, 0.15) is 32.4 Å². The molecule has 3 rings (SSSR count). The molecule has 0 aromatic carbocycles. The van der Waals surface area contributed by atoms with Crippen molar-refractivity contribution in [2.24, 2.45) is 5.92 Å². The number of allylic oxidation sites excluding steroid dienone is 5. The lowest BCUT2D eigenvalue weighted by Crippen LogP contribution is -2.37. The normalized spacial score (nSPS) is 16.0. The Morgan fingerprint density at radius 2 is 1.96 bits per heavy atom. The van der Waals surface area contributed by atoms with Gasteiger partial charge in [0.1, 0.15) is 5.52 Å². The maximum atomic E-state index is 11.5. The Morgan fingerprint density at radius 3 is 2.61 bits per heavy atom. The molecule has 3 heterocycles. The molecule has 1 aliphatic rings. The third-order valence-electron chi connectivity index (χ3n) is 5.24. The van der Waals surface area contributed by atoms with Crippen molar-refractivity contribution in [3.05, 3.63) is 54.5 Å². The van der Waals surface area contributed by atoms with Crippen molar-refractivity contribution in [2.75, 3.05) is 25.5 Å². The highest BCUT2D eigenvalue weighted by atomic mass is 16.2. The number of likely N-dealkylation sites (tertiary alicyclic amines) is 1. The van der Waals surface area contributed by atoms with Crippen LogP contribution in [0.15, 0.2) is 48.8 Å². The number of rotatable bonds is 5. The van der Waals surface area contributed by atoms with Gasteiger partial charge in [0, 0.05) is 39.5 Å². The highest BCUT2D eigenvalue weighted by molar-refractivity contribution is 5.88. The molecule has 6 nitrogen and oxygen atoms in total. The molecule has 0 radical (unpaired) electrons. The second kappa shape index (κ2) is 8.78. The van der Waals surface area contributed by atoms with E-state index in [0.29, 0.717) is 11.7 Å². The average Bonchev–Trinajstić information content (AvgIpc) is 2.73. The van der Waals surface area contributed by atoms with Gasteiger partial charge in [0.25, 0.3) is 0 Å². The van der Waals surface area contributed by atoms with E-state index in [1.807, 2.05) is 24.1 Å². The molecule has 1 fully saturated rings. The maximum absolute atomic E-state index is 11.5. The van der Waals surface area contributed by atoms with Crippen LogP contribution < -0.4 is 5.32 Å². The van der Waals surface area contributed by atoms with Crippen molar-refractivity contribution in [3.63, 3.8) is 0 Å². The molecule has 2 aromatic heterocycles. The standard InChI is InChI=1S/C22H27N5O/c1-5-17(18-8-12-27(13-9-18)16(3)28)7-6-15(2)19-14-20-21(22(23-4)26-19)25-11-10-24-20/h5-7,10-11,14,18H,2,8-9,12-13H2,1,3-4H3,(H,23,26)/b7-6-,17-5+. The van der Waals surface area contributed by atoms with Crippen LogP contribution in [0.3, 0.4) is 0 Å². The minimum absolute atomic E-state index is 0.162. The Morgan fingerprint density at radius 1 is 1.25 bits per heavy atom. The van der Waals surface area contributed by atoms with E-state index in [1.165, 1.54) is 5.57 Å². The van der Waals surface area contributed by atoms with Gasteiger partial charge in [-0.15, -0.1) is 0 Å². The number of nitrogens with one attached hydrogen (secondary N) is 1. The molecule has 146 valence electrons. The van der Waals surface area contributed by atoms with Crippen molar-refractivity contribution in [1.29, 1.82) is 0 Å². The predicted molar refractivity (Wildman–Crippen MR) is 114 cm³/mol. The molecule has 0 atom stereocenters. The minimum atomic E-state index is 0.162. The van der Waals surface area contributed by atoms with Crippen molar-refractivity contribution >= 4 is 28.3 Å². The summed E-state index contributed by atoms with van der Waals surface area (Å²) in [6, 6.07) is 1.91. The molecule has 1 aliphatic heterocycles. The van der Waals surface area contributed by atoms with E-state index in [2.05, 4.69) is 45.9 Å². The van der Waals surface area contributed by atoms with Gasteiger partial charge in [0.2, 0.25) is 5.91 Å². The van der Waals surface area contributed by atoms with E-state index in [1.54, 1.807) is 19.3 Å².